The molecule has 0 saturated carbocycles. The maximum atomic E-state index is 12.3. The second kappa shape index (κ2) is 6.20. The van der Waals surface area contributed by atoms with Gasteiger partial charge in [-0.3, -0.25) is 14.3 Å². The molecular formula is C14H19BrN2O2Si. The smallest absolute Gasteiger partial charge is 0.261 e. The molecule has 2 aromatic rings. The fraction of sp³-hybridized carbons (Fsp3) is 0.429. The lowest BCUT2D eigenvalue weighted by Crippen LogP contribution is -2.25. The van der Waals surface area contributed by atoms with Gasteiger partial charge in [-0.25, -0.2) is 0 Å². The van der Waals surface area contributed by atoms with Crippen molar-refractivity contribution in [2.45, 2.75) is 32.4 Å². The summed E-state index contributed by atoms with van der Waals surface area (Å²) in [5, 5.41) is 0.607. The van der Waals surface area contributed by atoms with E-state index in [2.05, 4.69) is 40.6 Å². The quantitative estimate of drug-likeness (QED) is 0.609. The molecule has 0 spiro atoms. The zero-order valence-corrected chi connectivity index (χ0v) is 14.6. The van der Waals surface area contributed by atoms with Crippen LogP contribution in [0.3, 0.4) is 0 Å². The van der Waals surface area contributed by atoms with Crippen molar-refractivity contribution in [2.24, 2.45) is 0 Å². The van der Waals surface area contributed by atoms with E-state index in [1.54, 1.807) is 29.1 Å². The van der Waals surface area contributed by atoms with Crippen molar-refractivity contribution >= 4 is 34.9 Å². The zero-order valence-electron chi connectivity index (χ0n) is 12.0. The molecule has 4 nitrogen and oxygen atoms in total. The molecule has 0 aliphatic heterocycles. The van der Waals surface area contributed by atoms with E-state index in [1.165, 1.54) is 0 Å². The minimum Gasteiger partial charge on any atom is -0.361 e. The average molecular weight is 355 g/mol. The molecule has 0 saturated heterocycles. The van der Waals surface area contributed by atoms with Gasteiger partial charge < -0.3 is 4.74 Å². The molecule has 0 amide bonds. The monoisotopic (exact) mass is 354 g/mol. The summed E-state index contributed by atoms with van der Waals surface area (Å²) in [6.07, 6.45) is 3.42. The van der Waals surface area contributed by atoms with Crippen LogP contribution in [-0.4, -0.2) is 24.2 Å². The molecule has 2 aromatic heterocycles. The Morgan fingerprint density at radius 3 is 2.85 bits per heavy atom. The molecule has 0 aliphatic carbocycles. The van der Waals surface area contributed by atoms with Gasteiger partial charge in [-0.1, -0.05) is 19.6 Å². The van der Waals surface area contributed by atoms with E-state index in [0.29, 0.717) is 17.5 Å². The van der Waals surface area contributed by atoms with Crippen LogP contribution in [0.2, 0.25) is 25.7 Å². The molecule has 0 unspecified atom stereocenters. The normalized spacial score (nSPS) is 12.0. The van der Waals surface area contributed by atoms with Gasteiger partial charge in [-0.15, -0.1) is 0 Å². The van der Waals surface area contributed by atoms with Crippen LogP contribution in [0.4, 0.5) is 0 Å². The van der Waals surface area contributed by atoms with Gasteiger partial charge in [-0.2, -0.15) is 0 Å². The number of aromatic nitrogens is 2. The SMILES string of the molecule is C[Si](C)(C)CCOCn1cc(Br)c2ncccc2c1=O. The van der Waals surface area contributed by atoms with Gasteiger partial charge in [0.25, 0.3) is 5.56 Å². The maximum absolute atomic E-state index is 12.3. The van der Waals surface area contributed by atoms with Crippen LogP contribution in [-0.2, 0) is 11.5 Å². The van der Waals surface area contributed by atoms with Crippen molar-refractivity contribution in [1.29, 1.82) is 0 Å². The summed E-state index contributed by atoms with van der Waals surface area (Å²) in [6.45, 7) is 7.90. The molecule has 0 aliphatic rings. The molecule has 0 fully saturated rings. The summed E-state index contributed by atoms with van der Waals surface area (Å²) in [5.74, 6) is 0. The summed E-state index contributed by atoms with van der Waals surface area (Å²) < 4.78 is 8.03. The number of fused-ring (bicyclic) bond motifs is 1. The molecule has 6 heteroatoms. The minimum absolute atomic E-state index is 0.0655. The van der Waals surface area contributed by atoms with E-state index < -0.39 is 8.07 Å². The first-order chi connectivity index (χ1) is 9.38. The molecule has 0 aromatic carbocycles. The number of halogens is 1. The lowest BCUT2D eigenvalue weighted by molar-refractivity contribution is 0.0850. The van der Waals surface area contributed by atoms with Crippen molar-refractivity contribution < 1.29 is 4.74 Å². The highest BCUT2D eigenvalue weighted by Gasteiger charge is 2.12. The van der Waals surface area contributed by atoms with Crippen molar-refractivity contribution in [1.82, 2.24) is 9.55 Å². The van der Waals surface area contributed by atoms with Gasteiger partial charge >= 0.3 is 0 Å². The Labute approximate surface area is 127 Å². The van der Waals surface area contributed by atoms with E-state index >= 15 is 0 Å². The second-order valence-electron chi connectivity index (χ2n) is 6.00. The lowest BCUT2D eigenvalue weighted by Gasteiger charge is -2.16. The van der Waals surface area contributed by atoms with Gasteiger partial charge in [-0.05, 0) is 34.1 Å². The number of ether oxygens (including phenoxy) is 1. The molecule has 108 valence electrons. The Morgan fingerprint density at radius 1 is 1.40 bits per heavy atom. The van der Waals surface area contributed by atoms with Gasteiger partial charge in [0.05, 0.1) is 15.4 Å². The first kappa shape index (κ1) is 15.4. The number of hydrogen-bond acceptors (Lipinski definition) is 3. The minimum atomic E-state index is -1.10. The first-order valence-corrected chi connectivity index (χ1v) is 11.1. The Morgan fingerprint density at radius 2 is 2.15 bits per heavy atom. The largest absolute Gasteiger partial charge is 0.361 e. The maximum Gasteiger partial charge on any atom is 0.261 e. The van der Waals surface area contributed by atoms with E-state index in [4.69, 9.17) is 4.74 Å². The molecule has 0 atom stereocenters. The van der Waals surface area contributed by atoms with Crippen molar-refractivity contribution in [2.75, 3.05) is 6.61 Å². The van der Waals surface area contributed by atoms with Crippen LogP contribution in [0.25, 0.3) is 10.9 Å². The number of pyridine rings is 2. The van der Waals surface area contributed by atoms with Crippen molar-refractivity contribution in [3.05, 3.63) is 39.4 Å². The van der Waals surface area contributed by atoms with Crippen LogP contribution in [0.15, 0.2) is 33.8 Å². The third-order valence-corrected chi connectivity index (χ3v) is 5.31. The molecule has 0 radical (unpaired) electrons. The van der Waals surface area contributed by atoms with Crippen LogP contribution in [0, 0.1) is 0 Å². The topological polar surface area (TPSA) is 44.1 Å². The Hall–Kier alpha value is -0.983. The Kier molecular flexibility index (Phi) is 4.77. The average Bonchev–Trinajstić information content (AvgIpc) is 2.39. The van der Waals surface area contributed by atoms with Gasteiger partial charge in [0.2, 0.25) is 0 Å². The third-order valence-electron chi connectivity index (χ3n) is 3.02. The van der Waals surface area contributed by atoms with Gasteiger partial charge in [0.15, 0.2) is 0 Å². The number of nitrogens with zero attached hydrogens (tertiary/aromatic N) is 2. The molecule has 20 heavy (non-hydrogen) atoms. The molecule has 0 bridgehead atoms. The summed E-state index contributed by atoms with van der Waals surface area (Å²) in [7, 11) is -1.10. The fourth-order valence-corrected chi connectivity index (χ4v) is 3.14. The summed E-state index contributed by atoms with van der Waals surface area (Å²) >= 11 is 3.45. The van der Waals surface area contributed by atoms with E-state index in [9.17, 15) is 4.79 Å². The van der Waals surface area contributed by atoms with E-state index in [-0.39, 0.29) is 12.3 Å². The predicted octanol–water partition coefficient (Wildman–Crippen LogP) is 3.47. The Balaban J connectivity index is 2.15. The summed E-state index contributed by atoms with van der Waals surface area (Å²) in [4.78, 5) is 16.5. The van der Waals surface area contributed by atoms with Gasteiger partial charge in [0, 0.05) is 27.1 Å². The summed E-state index contributed by atoms with van der Waals surface area (Å²) in [6, 6.07) is 4.65. The lowest BCUT2D eigenvalue weighted by atomic mass is 10.3. The van der Waals surface area contributed by atoms with E-state index in [0.717, 1.165) is 10.5 Å². The second-order valence-corrected chi connectivity index (χ2v) is 12.5. The van der Waals surface area contributed by atoms with Gasteiger partial charge in [0.1, 0.15) is 6.73 Å². The van der Waals surface area contributed by atoms with Crippen molar-refractivity contribution in [3.8, 4) is 0 Å². The Bertz CT molecular complexity index is 664. The standard InChI is InChI=1S/C14H19BrN2O2Si/c1-20(2,3)8-7-19-10-17-9-12(15)13-11(14(17)18)5-4-6-16-13/h4-6,9H,7-8,10H2,1-3H3. The molecular weight excluding hydrogens is 336 g/mol. The predicted molar refractivity (Wildman–Crippen MR) is 87.8 cm³/mol. The van der Waals surface area contributed by atoms with Crippen molar-refractivity contribution in [3.63, 3.8) is 0 Å². The molecule has 2 heterocycles. The number of rotatable bonds is 5. The number of hydrogen-bond donors (Lipinski definition) is 0. The summed E-state index contributed by atoms with van der Waals surface area (Å²) in [5.41, 5.74) is 0.625. The fourth-order valence-electron chi connectivity index (χ4n) is 1.82. The highest BCUT2D eigenvalue weighted by molar-refractivity contribution is 9.10. The van der Waals surface area contributed by atoms with Crippen LogP contribution in [0.1, 0.15) is 0 Å². The highest BCUT2D eigenvalue weighted by atomic mass is 79.9. The third kappa shape index (κ3) is 3.77. The van der Waals surface area contributed by atoms with Crippen LogP contribution < -0.4 is 5.56 Å². The zero-order chi connectivity index (χ0) is 14.8. The molecule has 2 rings (SSSR count). The van der Waals surface area contributed by atoms with Crippen LogP contribution in [0.5, 0.6) is 0 Å². The molecule has 0 N–H and O–H groups in total. The van der Waals surface area contributed by atoms with Crippen LogP contribution >= 0.6 is 15.9 Å². The highest BCUT2D eigenvalue weighted by Crippen LogP contribution is 2.18. The van der Waals surface area contributed by atoms with E-state index in [1.807, 2.05) is 0 Å². The first-order valence-electron chi connectivity index (χ1n) is 6.60.